The number of nitrogens with one attached hydrogen (secondary N) is 1. The summed E-state index contributed by atoms with van der Waals surface area (Å²) >= 11 is 0. The number of allylic oxidation sites excluding steroid dienone is 1. The molecule has 0 amide bonds. The van der Waals surface area contributed by atoms with Gasteiger partial charge in [0.1, 0.15) is 19.0 Å². The highest BCUT2D eigenvalue weighted by molar-refractivity contribution is 5.75. The Bertz CT molecular complexity index is 1030. The standard InChI is InChI=1S/C25H29NO5/c1-6-22-24(28)25(31-22)26-10-11-29-20-12-15(2)23(16(3)13-20)21-9-7-8-19(17(21)4)14-30-18(5)27/h6-9,12-13,26,28H,10-11,14H2,1-5H3/b22-6-. The van der Waals surface area contributed by atoms with E-state index in [-0.39, 0.29) is 18.3 Å². The number of hydrogen-bond donors (Lipinski definition) is 2. The van der Waals surface area contributed by atoms with Gasteiger partial charge in [-0.2, -0.15) is 0 Å². The Kier molecular flexibility index (Phi) is 6.90. The number of aliphatic hydroxyl groups excluding tert-OH is 1. The van der Waals surface area contributed by atoms with Gasteiger partial charge in [-0.25, -0.2) is 0 Å². The van der Waals surface area contributed by atoms with Crippen molar-refractivity contribution in [2.45, 2.75) is 41.2 Å². The van der Waals surface area contributed by atoms with Crippen molar-refractivity contribution < 1.29 is 24.1 Å². The van der Waals surface area contributed by atoms with Gasteiger partial charge in [0.05, 0.1) is 6.54 Å². The first-order chi connectivity index (χ1) is 14.8. The van der Waals surface area contributed by atoms with Crippen molar-refractivity contribution in [2.24, 2.45) is 0 Å². The minimum atomic E-state index is -0.286. The number of carbonyl (C=O) groups is 1. The second-order valence-electron chi connectivity index (χ2n) is 7.51. The maximum absolute atomic E-state index is 11.2. The maximum Gasteiger partial charge on any atom is 0.302 e. The number of rotatable bonds is 8. The molecule has 0 saturated heterocycles. The third-order valence-electron chi connectivity index (χ3n) is 5.23. The normalized spacial score (nSPS) is 14.2. The summed E-state index contributed by atoms with van der Waals surface area (Å²) < 4.78 is 16.4. The van der Waals surface area contributed by atoms with Crippen LogP contribution in [-0.2, 0) is 20.9 Å². The van der Waals surface area contributed by atoms with Gasteiger partial charge in [-0.05, 0) is 79.3 Å². The molecule has 0 aromatic heterocycles. The van der Waals surface area contributed by atoms with Gasteiger partial charge in [0.2, 0.25) is 11.6 Å². The smallest absolute Gasteiger partial charge is 0.302 e. The van der Waals surface area contributed by atoms with Crippen LogP contribution < -0.4 is 10.1 Å². The highest BCUT2D eigenvalue weighted by Crippen LogP contribution is 2.34. The Labute approximate surface area is 183 Å². The Morgan fingerprint density at radius 2 is 1.90 bits per heavy atom. The minimum absolute atomic E-state index is 0.143. The van der Waals surface area contributed by atoms with Crippen LogP contribution in [0.2, 0.25) is 0 Å². The third-order valence-corrected chi connectivity index (χ3v) is 5.23. The van der Waals surface area contributed by atoms with Gasteiger partial charge < -0.3 is 24.6 Å². The SMILES string of the molecule is C/C=C1\OC(NCCOc2cc(C)c(-c3cccc(COC(C)=O)c3C)c(C)c2)=C1O. The lowest BCUT2D eigenvalue weighted by Crippen LogP contribution is -2.29. The van der Waals surface area contributed by atoms with Crippen LogP contribution in [0.3, 0.4) is 0 Å². The Hall–Kier alpha value is -3.41. The molecule has 2 aromatic carbocycles. The number of hydrogen-bond acceptors (Lipinski definition) is 6. The van der Waals surface area contributed by atoms with E-state index < -0.39 is 0 Å². The van der Waals surface area contributed by atoms with Gasteiger partial charge in [0, 0.05) is 6.92 Å². The summed E-state index contributed by atoms with van der Waals surface area (Å²) in [5.41, 5.74) is 6.59. The van der Waals surface area contributed by atoms with E-state index in [1.807, 2.05) is 24.3 Å². The summed E-state index contributed by atoms with van der Waals surface area (Å²) in [4.78, 5) is 11.2. The summed E-state index contributed by atoms with van der Waals surface area (Å²) in [7, 11) is 0. The molecular formula is C25H29NO5. The quantitative estimate of drug-likeness (QED) is 0.461. The maximum atomic E-state index is 11.2. The lowest BCUT2D eigenvalue weighted by Gasteiger charge is -2.23. The first-order valence-electron chi connectivity index (χ1n) is 10.3. The first-order valence-corrected chi connectivity index (χ1v) is 10.3. The molecule has 31 heavy (non-hydrogen) atoms. The third kappa shape index (κ3) is 5.02. The molecule has 0 atom stereocenters. The Morgan fingerprint density at radius 1 is 1.19 bits per heavy atom. The number of carbonyl (C=O) groups excluding carboxylic acids is 1. The van der Waals surface area contributed by atoms with Crippen LogP contribution in [0, 0.1) is 20.8 Å². The molecule has 0 unspecified atom stereocenters. The fourth-order valence-electron chi connectivity index (χ4n) is 3.64. The fourth-order valence-corrected chi connectivity index (χ4v) is 3.64. The largest absolute Gasteiger partial charge is 0.501 e. The number of ether oxygens (including phenoxy) is 3. The second kappa shape index (κ2) is 9.60. The molecule has 2 N–H and O–H groups in total. The molecule has 1 aliphatic rings. The molecule has 0 aliphatic carbocycles. The van der Waals surface area contributed by atoms with Gasteiger partial charge in [0.25, 0.3) is 0 Å². The van der Waals surface area contributed by atoms with Crippen LogP contribution in [-0.4, -0.2) is 24.2 Å². The van der Waals surface area contributed by atoms with Crippen LogP contribution in [0.25, 0.3) is 11.1 Å². The molecule has 2 aromatic rings. The molecule has 0 fully saturated rings. The van der Waals surface area contributed by atoms with E-state index in [0.29, 0.717) is 24.8 Å². The number of aliphatic hydroxyl groups is 1. The molecule has 0 radical (unpaired) electrons. The molecule has 0 saturated carbocycles. The first kappa shape index (κ1) is 22.3. The molecule has 3 rings (SSSR count). The van der Waals surface area contributed by atoms with E-state index in [1.54, 1.807) is 13.0 Å². The zero-order valence-corrected chi connectivity index (χ0v) is 18.7. The molecule has 164 valence electrons. The van der Waals surface area contributed by atoms with E-state index in [0.717, 1.165) is 39.1 Å². The molecule has 0 bridgehead atoms. The second-order valence-corrected chi connectivity index (χ2v) is 7.51. The number of esters is 1. The summed E-state index contributed by atoms with van der Waals surface area (Å²) in [5, 5.41) is 12.8. The van der Waals surface area contributed by atoms with Crippen molar-refractivity contribution in [3.05, 3.63) is 76.1 Å². The molecule has 6 nitrogen and oxygen atoms in total. The average Bonchev–Trinajstić information content (AvgIpc) is 2.72. The van der Waals surface area contributed by atoms with Gasteiger partial charge >= 0.3 is 5.97 Å². The highest BCUT2D eigenvalue weighted by Gasteiger charge is 2.24. The summed E-state index contributed by atoms with van der Waals surface area (Å²) in [5.74, 6) is 1.51. The average molecular weight is 424 g/mol. The van der Waals surface area contributed by atoms with Crippen molar-refractivity contribution in [1.82, 2.24) is 5.32 Å². The Morgan fingerprint density at radius 3 is 2.52 bits per heavy atom. The van der Waals surface area contributed by atoms with Crippen molar-refractivity contribution in [1.29, 1.82) is 0 Å². The minimum Gasteiger partial charge on any atom is -0.501 e. The zero-order valence-electron chi connectivity index (χ0n) is 18.7. The molecular weight excluding hydrogens is 394 g/mol. The number of aryl methyl sites for hydroxylation is 2. The van der Waals surface area contributed by atoms with E-state index in [4.69, 9.17) is 14.2 Å². The van der Waals surface area contributed by atoms with Crippen LogP contribution in [0.1, 0.15) is 36.1 Å². The van der Waals surface area contributed by atoms with Crippen molar-refractivity contribution in [3.63, 3.8) is 0 Å². The molecule has 1 heterocycles. The topological polar surface area (TPSA) is 77.0 Å². The lowest BCUT2D eigenvalue weighted by molar-refractivity contribution is -0.142. The van der Waals surface area contributed by atoms with E-state index in [9.17, 15) is 9.90 Å². The van der Waals surface area contributed by atoms with E-state index in [2.05, 4.69) is 32.2 Å². The van der Waals surface area contributed by atoms with E-state index >= 15 is 0 Å². The van der Waals surface area contributed by atoms with Gasteiger partial charge in [-0.3, -0.25) is 4.79 Å². The lowest BCUT2D eigenvalue weighted by atomic mass is 9.90. The summed E-state index contributed by atoms with van der Waals surface area (Å²) in [6, 6.07) is 10.1. The van der Waals surface area contributed by atoms with Crippen LogP contribution in [0.15, 0.2) is 53.8 Å². The monoisotopic (exact) mass is 423 g/mol. The molecule has 1 aliphatic heterocycles. The predicted molar refractivity (Wildman–Crippen MR) is 120 cm³/mol. The summed E-state index contributed by atoms with van der Waals surface area (Å²) in [6.07, 6.45) is 1.71. The van der Waals surface area contributed by atoms with Crippen LogP contribution in [0.5, 0.6) is 5.75 Å². The van der Waals surface area contributed by atoms with Crippen LogP contribution in [0.4, 0.5) is 0 Å². The van der Waals surface area contributed by atoms with Crippen molar-refractivity contribution in [3.8, 4) is 16.9 Å². The van der Waals surface area contributed by atoms with Gasteiger partial charge in [0.15, 0.2) is 5.76 Å². The van der Waals surface area contributed by atoms with Gasteiger partial charge in [-0.1, -0.05) is 18.2 Å². The molecule has 0 spiro atoms. The molecule has 6 heteroatoms. The fraction of sp³-hybridized carbons (Fsp3) is 0.320. The Balaban J connectivity index is 1.69. The highest BCUT2D eigenvalue weighted by atomic mass is 16.5. The van der Waals surface area contributed by atoms with E-state index in [1.165, 1.54) is 6.92 Å². The summed E-state index contributed by atoms with van der Waals surface area (Å²) in [6.45, 7) is 10.6. The van der Waals surface area contributed by atoms with Gasteiger partial charge in [-0.15, -0.1) is 0 Å². The van der Waals surface area contributed by atoms with Crippen molar-refractivity contribution in [2.75, 3.05) is 13.2 Å². The predicted octanol–water partition coefficient (Wildman–Crippen LogP) is 4.97. The van der Waals surface area contributed by atoms with Crippen molar-refractivity contribution >= 4 is 5.97 Å². The zero-order chi connectivity index (χ0) is 22.5. The number of benzene rings is 2. The van der Waals surface area contributed by atoms with Crippen LogP contribution >= 0.6 is 0 Å².